The van der Waals surface area contributed by atoms with Gasteiger partial charge in [-0.3, -0.25) is 9.59 Å². The third-order valence-electron chi connectivity index (χ3n) is 5.71. The number of sulfonamides is 1. The van der Waals surface area contributed by atoms with Crippen LogP contribution in [0.3, 0.4) is 0 Å². The standard InChI is InChI=1S/C21H30N2O5S/c1-13-10-14(2)20(15(3)11-13)29(26,27)23-9-5-6-18(23)21(25)28-12-19(24)22-16(4)17-7-8-17/h10-11,16-18H,5-9,12H2,1-4H3,(H,22,24). The van der Waals surface area contributed by atoms with Crippen LogP contribution >= 0.6 is 0 Å². The highest BCUT2D eigenvalue weighted by atomic mass is 32.2. The van der Waals surface area contributed by atoms with Crippen LogP contribution in [0.4, 0.5) is 0 Å². The number of carbonyl (C=O) groups is 2. The van der Waals surface area contributed by atoms with Crippen LogP contribution in [0.2, 0.25) is 0 Å². The predicted molar refractivity (Wildman–Crippen MR) is 109 cm³/mol. The van der Waals surface area contributed by atoms with Crippen molar-refractivity contribution in [2.24, 2.45) is 5.92 Å². The number of esters is 1. The van der Waals surface area contributed by atoms with Crippen molar-refractivity contribution in [3.8, 4) is 0 Å². The highest BCUT2D eigenvalue weighted by Gasteiger charge is 2.41. The Balaban J connectivity index is 1.68. The normalized spacial score (nSPS) is 21.0. The van der Waals surface area contributed by atoms with E-state index < -0.39 is 22.0 Å². The molecule has 0 spiro atoms. The van der Waals surface area contributed by atoms with Gasteiger partial charge in [-0.1, -0.05) is 17.7 Å². The van der Waals surface area contributed by atoms with E-state index in [1.807, 2.05) is 26.0 Å². The minimum absolute atomic E-state index is 0.0667. The predicted octanol–water partition coefficient (Wildman–Crippen LogP) is 2.22. The number of nitrogens with zero attached hydrogens (tertiary/aromatic N) is 1. The first kappa shape index (κ1) is 21.8. The van der Waals surface area contributed by atoms with Gasteiger partial charge in [0.1, 0.15) is 6.04 Å². The monoisotopic (exact) mass is 422 g/mol. The van der Waals surface area contributed by atoms with Crippen LogP contribution in [0, 0.1) is 26.7 Å². The molecule has 2 fully saturated rings. The molecule has 3 rings (SSSR count). The fraction of sp³-hybridized carbons (Fsp3) is 0.619. The average molecular weight is 423 g/mol. The molecule has 160 valence electrons. The van der Waals surface area contributed by atoms with Crippen LogP contribution < -0.4 is 5.32 Å². The van der Waals surface area contributed by atoms with E-state index in [0.29, 0.717) is 29.9 Å². The Morgan fingerprint density at radius 1 is 1.17 bits per heavy atom. The summed E-state index contributed by atoms with van der Waals surface area (Å²) in [5.41, 5.74) is 2.31. The SMILES string of the molecule is Cc1cc(C)c(S(=O)(=O)N2CCCC2C(=O)OCC(=O)NC(C)C2CC2)c(C)c1. The van der Waals surface area contributed by atoms with E-state index in [4.69, 9.17) is 4.74 Å². The maximum atomic E-state index is 13.3. The molecule has 2 unspecified atom stereocenters. The van der Waals surface area contributed by atoms with Crippen molar-refractivity contribution in [3.05, 3.63) is 28.8 Å². The lowest BCUT2D eigenvalue weighted by molar-refractivity contribution is -0.151. The molecule has 1 aliphatic carbocycles. The van der Waals surface area contributed by atoms with Crippen molar-refractivity contribution in [3.63, 3.8) is 0 Å². The van der Waals surface area contributed by atoms with Crippen LogP contribution in [0.5, 0.6) is 0 Å². The maximum absolute atomic E-state index is 13.3. The van der Waals surface area contributed by atoms with Crippen LogP contribution in [-0.2, 0) is 24.3 Å². The molecule has 29 heavy (non-hydrogen) atoms. The zero-order chi connectivity index (χ0) is 21.3. The summed E-state index contributed by atoms with van der Waals surface area (Å²) in [6.45, 7) is 7.27. The molecule has 1 saturated carbocycles. The molecule has 1 aliphatic heterocycles. The van der Waals surface area contributed by atoms with Crippen molar-refractivity contribution in [2.75, 3.05) is 13.2 Å². The quantitative estimate of drug-likeness (QED) is 0.680. The lowest BCUT2D eigenvalue weighted by atomic mass is 10.1. The Kier molecular flexibility index (Phi) is 6.33. The van der Waals surface area contributed by atoms with Crippen LogP contribution in [0.25, 0.3) is 0 Å². The van der Waals surface area contributed by atoms with E-state index in [1.165, 1.54) is 4.31 Å². The first-order chi connectivity index (χ1) is 13.6. The number of aryl methyl sites for hydroxylation is 3. The summed E-state index contributed by atoms with van der Waals surface area (Å²) in [5, 5.41) is 2.83. The average Bonchev–Trinajstić information content (AvgIpc) is 3.34. The minimum Gasteiger partial charge on any atom is -0.454 e. The molecule has 1 amide bonds. The highest BCUT2D eigenvalue weighted by Crippen LogP contribution is 2.32. The molecule has 1 saturated heterocycles. The van der Waals surface area contributed by atoms with Gasteiger partial charge in [0.15, 0.2) is 6.61 Å². The highest BCUT2D eigenvalue weighted by molar-refractivity contribution is 7.89. The largest absolute Gasteiger partial charge is 0.454 e. The van der Waals surface area contributed by atoms with Gasteiger partial charge in [-0.05, 0) is 70.4 Å². The Morgan fingerprint density at radius 3 is 2.38 bits per heavy atom. The van der Waals surface area contributed by atoms with E-state index in [0.717, 1.165) is 18.4 Å². The van der Waals surface area contributed by atoms with Crippen molar-refractivity contribution >= 4 is 21.9 Å². The summed E-state index contributed by atoms with van der Waals surface area (Å²) in [6, 6.07) is 2.83. The fourth-order valence-electron chi connectivity index (χ4n) is 4.20. The molecule has 1 N–H and O–H groups in total. The summed E-state index contributed by atoms with van der Waals surface area (Å²) < 4.78 is 33.0. The molecule has 2 atom stereocenters. The number of rotatable bonds is 7. The number of benzene rings is 1. The fourth-order valence-corrected chi connectivity index (χ4v) is 6.26. The molecule has 1 heterocycles. The Hall–Kier alpha value is -1.93. The molecule has 1 aromatic carbocycles. The van der Waals surface area contributed by atoms with Crippen molar-refractivity contribution in [2.45, 2.75) is 70.4 Å². The van der Waals surface area contributed by atoms with E-state index in [-0.39, 0.29) is 30.0 Å². The van der Waals surface area contributed by atoms with Gasteiger partial charge in [0.05, 0.1) is 4.90 Å². The molecule has 2 aliphatic rings. The lowest BCUT2D eigenvalue weighted by Gasteiger charge is -2.25. The van der Waals surface area contributed by atoms with Gasteiger partial charge in [-0.15, -0.1) is 0 Å². The molecule has 8 heteroatoms. The maximum Gasteiger partial charge on any atom is 0.324 e. The van der Waals surface area contributed by atoms with Gasteiger partial charge in [0.25, 0.3) is 5.91 Å². The summed E-state index contributed by atoms with van der Waals surface area (Å²) in [4.78, 5) is 24.8. The zero-order valence-electron chi connectivity index (χ0n) is 17.5. The number of hydrogen-bond donors (Lipinski definition) is 1. The van der Waals surface area contributed by atoms with Gasteiger partial charge >= 0.3 is 5.97 Å². The second-order valence-corrected chi connectivity index (χ2v) is 10.1. The molecular weight excluding hydrogens is 392 g/mol. The number of amides is 1. The topological polar surface area (TPSA) is 92.8 Å². The number of hydrogen-bond acceptors (Lipinski definition) is 5. The Morgan fingerprint density at radius 2 is 1.79 bits per heavy atom. The summed E-state index contributed by atoms with van der Waals surface area (Å²) in [6.07, 6.45) is 3.18. The first-order valence-corrected chi connectivity index (χ1v) is 11.6. The van der Waals surface area contributed by atoms with Crippen LogP contribution in [0.1, 0.15) is 49.3 Å². The third-order valence-corrected chi connectivity index (χ3v) is 7.92. The lowest BCUT2D eigenvalue weighted by Crippen LogP contribution is -2.43. The molecule has 0 bridgehead atoms. The van der Waals surface area contributed by atoms with Gasteiger partial charge in [0.2, 0.25) is 10.0 Å². The number of carbonyl (C=O) groups excluding carboxylic acids is 2. The molecule has 0 radical (unpaired) electrons. The van der Waals surface area contributed by atoms with Crippen molar-refractivity contribution in [1.82, 2.24) is 9.62 Å². The van der Waals surface area contributed by atoms with Crippen molar-refractivity contribution in [1.29, 1.82) is 0 Å². The molecule has 7 nitrogen and oxygen atoms in total. The Labute approximate surface area is 172 Å². The van der Waals surface area contributed by atoms with E-state index >= 15 is 0 Å². The van der Waals surface area contributed by atoms with Crippen LogP contribution in [-0.4, -0.2) is 49.8 Å². The summed E-state index contributed by atoms with van der Waals surface area (Å²) in [5.74, 6) is -0.510. The van der Waals surface area contributed by atoms with E-state index in [9.17, 15) is 18.0 Å². The van der Waals surface area contributed by atoms with Crippen molar-refractivity contribution < 1.29 is 22.7 Å². The van der Waals surface area contributed by atoms with Gasteiger partial charge in [-0.25, -0.2) is 8.42 Å². The molecular formula is C21H30N2O5S. The minimum atomic E-state index is -3.84. The second-order valence-electron chi connectivity index (χ2n) is 8.30. The van der Waals surface area contributed by atoms with E-state index in [1.54, 1.807) is 13.8 Å². The van der Waals surface area contributed by atoms with Gasteiger partial charge in [-0.2, -0.15) is 4.31 Å². The third kappa shape index (κ3) is 4.80. The van der Waals surface area contributed by atoms with Crippen LogP contribution in [0.15, 0.2) is 17.0 Å². The molecule has 1 aromatic rings. The van der Waals surface area contributed by atoms with Gasteiger partial charge < -0.3 is 10.1 Å². The Bertz CT molecular complexity index is 885. The summed E-state index contributed by atoms with van der Waals surface area (Å²) >= 11 is 0. The number of ether oxygens (including phenoxy) is 1. The summed E-state index contributed by atoms with van der Waals surface area (Å²) in [7, 11) is -3.84. The smallest absolute Gasteiger partial charge is 0.324 e. The zero-order valence-corrected chi connectivity index (χ0v) is 18.3. The second kappa shape index (κ2) is 8.44. The number of nitrogens with one attached hydrogen (secondary N) is 1. The molecule has 0 aromatic heterocycles. The van der Waals surface area contributed by atoms with Gasteiger partial charge in [0, 0.05) is 12.6 Å². The first-order valence-electron chi connectivity index (χ1n) is 10.2. The van der Waals surface area contributed by atoms with E-state index in [2.05, 4.69) is 5.32 Å².